The highest BCUT2D eigenvalue weighted by atomic mass is 32.2. The number of sulfone groups is 1. The lowest BCUT2D eigenvalue weighted by atomic mass is 9.94. The topological polar surface area (TPSA) is 106 Å². The molecule has 0 atom stereocenters. The smallest absolute Gasteiger partial charge is 0.184 e. The second kappa shape index (κ2) is 9.45. The fourth-order valence-electron chi connectivity index (χ4n) is 3.99. The molecule has 3 aromatic carbocycles. The number of rotatable bonds is 6. The van der Waals surface area contributed by atoms with Crippen molar-refractivity contribution in [2.24, 2.45) is 0 Å². The van der Waals surface area contributed by atoms with E-state index in [1.807, 2.05) is 0 Å². The summed E-state index contributed by atoms with van der Waals surface area (Å²) in [5.41, 5.74) is 3.98. The Bertz CT molecular complexity index is 1750. The van der Waals surface area contributed by atoms with Crippen molar-refractivity contribution in [1.29, 1.82) is 5.26 Å². The zero-order valence-corrected chi connectivity index (χ0v) is 20.5. The number of halogens is 1. The van der Waals surface area contributed by atoms with Crippen LogP contribution in [-0.2, 0) is 15.6 Å². The molecule has 7 nitrogen and oxygen atoms in total. The van der Waals surface area contributed by atoms with E-state index >= 15 is 0 Å². The molecule has 2 heterocycles. The van der Waals surface area contributed by atoms with E-state index in [0.29, 0.717) is 49.5 Å². The molecule has 178 valence electrons. The van der Waals surface area contributed by atoms with Crippen LogP contribution in [0.5, 0.6) is 5.75 Å². The summed E-state index contributed by atoms with van der Waals surface area (Å²) in [7, 11) is -2.12. The summed E-state index contributed by atoms with van der Waals surface area (Å²) in [6, 6.07) is 18.0. The number of nitriles is 1. The number of hydrogen-bond acceptors (Lipinski definition) is 8. The molecule has 5 aromatic rings. The van der Waals surface area contributed by atoms with E-state index in [-0.39, 0.29) is 10.6 Å². The summed E-state index contributed by atoms with van der Waals surface area (Å²) in [5, 5.41) is 19.1. The highest BCUT2D eigenvalue weighted by molar-refractivity contribution is 7.90. The Labute approximate surface area is 210 Å². The van der Waals surface area contributed by atoms with E-state index in [9.17, 15) is 18.1 Å². The number of hydrogen-bond donors (Lipinski definition) is 0. The second-order valence-electron chi connectivity index (χ2n) is 7.85. The first kappa shape index (κ1) is 23.5. The molecule has 36 heavy (non-hydrogen) atoms. The highest BCUT2D eigenvalue weighted by Gasteiger charge is 2.20. The van der Waals surface area contributed by atoms with E-state index in [4.69, 9.17) is 4.74 Å². The number of ether oxygens (including phenoxy) is 1. The molecule has 0 fully saturated rings. The summed E-state index contributed by atoms with van der Waals surface area (Å²) in [6.45, 7) is 0. The fourth-order valence-corrected chi connectivity index (χ4v) is 6.17. The van der Waals surface area contributed by atoms with E-state index in [2.05, 4.69) is 21.3 Å². The van der Waals surface area contributed by atoms with Gasteiger partial charge in [0.2, 0.25) is 0 Å². The Kier molecular flexibility index (Phi) is 6.18. The summed E-state index contributed by atoms with van der Waals surface area (Å²) in [6.07, 6.45) is 1.57. The van der Waals surface area contributed by atoms with Crippen LogP contribution in [0.15, 0.2) is 77.3 Å². The van der Waals surface area contributed by atoms with Crippen molar-refractivity contribution in [3.63, 3.8) is 0 Å². The molecule has 0 aliphatic carbocycles. The van der Waals surface area contributed by atoms with Crippen LogP contribution in [0.25, 0.3) is 33.2 Å². The predicted octanol–water partition coefficient (Wildman–Crippen LogP) is 5.41. The van der Waals surface area contributed by atoms with Crippen LogP contribution in [-0.4, -0.2) is 30.7 Å². The quantitative estimate of drug-likeness (QED) is 0.297. The van der Waals surface area contributed by atoms with Crippen molar-refractivity contribution in [2.45, 2.75) is 10.6 Å². The van der Waals surface area contributed by atoms with Gasteiger partial charge in [0.1, 0.15) is 27.8 Å². The van der Waals surface area contributed by atoms with Gasteiger partial charge < -0.3 is 4.74 Å². The van der Waals surface area contributed by atoms with Crippen LogP contribution in [0.2, 0.25) is 0 Å². The third-order valence-corrected chi connectivity index (χ3v) is 8.17. The van der Waals surface area contributed by atoms with Crippen molar-refractivity contribution in [2.75, 3.05) is 7.11 Å². The predicted molar refractivity (Wildman–Crippen MR) is 135 cm³/mol. The largest absolute Gasteiger partial charge is 0.496 e. The van der Waals surface area contributed by atoms with Gasteiger partial charge in [0.25, 0.3) is 0 Å². The molecule has 0 radical (unpaired) electrons. The van der Waals surface area contributed by atoms with Gasteiger partial charge in [0.05, 0.1) is 29.3 Å². The summed E-state index contributed by atoms with van der Waals surface area (Å²) < 4.78 is 45.3. The van der Waals surface area contributed by atoms with Crippen LogP contribution in [0.4, 0.5) is 4.39 Å². The van der Waals surface area contributed by atoms with Gasteiger partial charge in [0.15, 0.2) is 9.84 Å². The van der Waals surface area contributed by atoms with Crippen molar-refractivity contribution in [3.8, 4) is 34.2 Å². The number of fused-ring (bicyclic) bond motifs is 1. The maximum atomic E-state index is 13.8. The van der Waals surface area contributed by atoms with Crippen LogP contribution < -0.4 is 4.74 Å². The number of methoxy groups -OCH3 is 1. The fraction of sp³-hybridized carbons (Fsp3) is 0.0769. The minimum atomic E-state index is -3.63. The number of aromatic nitrogens is 3. The molecule has 0 spiro atoms. The molecular weight excluding hydrogens is 499 g/mol. The molecule has 0 amide bonds. The van der Waals surface area contributed by atoms with Gasteiger partial charge >= 0.3 is 0 Å². The van der Waals surface area contributed by atoms with Gasteiger partial charge in [-0.15, -0.1) is 21.5 Å². The van der Waals surface area contributed by atoms with E-state index in [0.717, 1.165) is 0 Å². The third kappa shape index (κ3) is 4.42. The summed E-state index contributed by atoms with van der Waals surface area (Å²) >= 11 is 1.18. The van der Waals surface area contributed by atoms with Crippen LogP contribution >= 0.6 is 11.3 Å². The van der Waals surface area contributed by atoms with Gasteiger partial charge in [-0.05, 0) is 53.4 Å². The van der Waals surface area contributed by atoms with Crippen LogP contribution in [0.1, 0.15) is 10.6 Å². The van der Waals surface area contributed by atoms with Crippen molar-refractivity contribution in [3.05, 3.63) is 88.8 Å². The molecule has 0 N–H and O–H groups in total. The minimum Gasteiger partial charge on any atom is -0.496 e. The first-order chi connectivity index (χ1) is 17.4. The van der Waals surface area contributed by atoms with Gasteiger partial charge in [-0.3, -0.25) is 4.98 Å². The normalized spacial score (nSPS) is 11.4. The van der Waals surface area contributed by atoms with E-state index in [1.165, 1.54) is 42.2 Å². The van der Waals surface area contributed by atoms with Crippen molar-refractivity contribution >= 4 is 31.9 Å². The lowest BCUT2D eigenvalue weighted by Gasteiger charge is -2.14. The van der Waals surface area contributed by atoms with Crippen LogP contribution in [0, 0.1) is 17.1 Å². The first-order valence-corrected chi connectivity index (χ1v) is 13.2. The molecule has 0 bridgehead atoms. The lowest BCUT2D eigenvalue weighted by molar-refractivity contribution is 0.416. The van der Waals surface area contributed by atoms with Gasteiger partial charge in [-0.25, -0.2) is 12.8 Å². The Balaban J connectivity index is 1.63. The molecular formula is C26H17FN4O3S2. The zero-order valence-electron chi connectivity index (χ0n) is 18.8. The zero-order chi connectivity index (χ0) is 25.3. The molecule has 0 aliphatic heterocycles. The third-order valence-electron chi connectivity index (χ3n) is 5.66. The Morgan fingerprint density at radius 1 is 1.08 bits per heavy atom. The molecule has 0 saturated carbocycles. The Morgan fingerprint density at radius 3 is 2.67 bits per heavy atom. The number of nitrogens with zero attached hydrogens (tertiary/aromatic N) is 4. The van der Waals surface area contributed by atoms with Gasteiger partial charge in [-0.2, -0.15) is 5.26 Å². The lowest BCUT2D eigenvalue weighted by Crippen LogP contribution is -2.05. The molecule has 10 heteroatoms. The first-order valence-electron chi connectivity index (χ1n) is 10.6. The standard InChI is InChI=1S/C26H17FN4O3S2/c1-34-24-12-22(16-3-2-4-19(27)9-16)18(13-28)11-23(24)26-21-6-5-20(10-17(21)7-8-29-26)36(32,33)14-25-31-30-15-35-25/h2-12,15H,14H2,1H3. The summed E-state index contributed by atoms with van der Waals surface area (Å²) in [4.78, 5) is 4.68. The Morgan fingerprint density at radius 2 is 1.94 bits per heavy atom. The maximum absolute atomic E-state index is 13.8. The van der Waals surface area contributed by atoms with Gasteiger partial charge in [-0.1, -0.05) is 18.2 Å². The molecule has 0 saturated heterocycles. The average Bonchev–Trinajstić information content (AvgIpc) is 3.39. The van der Waals surface area contributed by atoms with Crippen LogP contribution in [0.3, 0.4) is 0 Å². The van der Waals surface area contributed by atoms with Crippen molar-refractivity contribution in [1.82, 2.24) is 15.2 Å². The SMILES string of the molecule is COc1cc(-c2cccc(F)c2)c(C#N)cc1-c1nccc2cc(S(=O)(=O)Cc3nncs3)ccc12. The number of benzene rings is 3. The highest BCUT2D eigenvalue weighted by Crippen LogP contribution is 2.39. The monoisotopic (exact) mass is 516 g/mol. The molecule has 2 aromatic heterocycles. The van der Waals surface area contributed by atoms with E-state index < -0.39 is 15.7 Å². The Hall–Kier alpha value is -4.20. The summed E-state index contributed by atoms with van der Waals surface area (Å²) in [5.74, 6) is -0.199. The molecule has 0 unspecified atom stereocenters. The van der Waals surface area contributed by atoms with Crippen molar-refractivity contribution < 1.29 is 17.5 Å². The average molecular weight is 517 g/mol. The molecule has 5 rings (SSSR count). The number of pyridine rings is 1. The van der Waals surface area contributed by atoms with Gasteiger partial charge in [0, 0.05) is 22.7 Å². The second-order valence-corrected chi connectivity index (χ2v) is 10.8. The molecule has 0 aliphatic rings. The maximum Gasteiger partial charge on any atom is 0.184 e. The van der Waals surface area contributed by atoms with E-state index in [1.54, 1.807) is 48.7 Å². The minimum absolute atomic E-state index is 0.161.